The lowest BCUT2D eigenvalue weighted by Gasteiger charge is -2.14. The van der Waals surface area contributed by atoms with E-state index < -0.39 is 12.0 Å². The highest BCUT2D eigenvalue weighted by Gasteiger charge is 2.20. The Morgan fingerprint density at radius 1 is 1.31 bits per heavy atom. The zero-order valence-electron chi connectivity index (χ0n) is 14.3. The van der Waals surface area contributed by atoms with E-state index in [2.05, 4.69) is 9.97 Å². The third kappa shape index (κ3) is 3.42. The van der Waals surface area contributed by atoms with Gasteiger partial charge >= 0.3 is 0 Å². The molecule has 0 fully saturated rings. The Morgan fingerprint density at radius 2 is 2.00 bits per heavy atom. The minimum atomic E-state index is -2.82. The molecule has 5 nitrogen and oxygen atoms in total. The van der Waals surface area contributed by atoms with Crippen LogP contribution in [0.2, 0.25) is 0 Å². The molecule has 0 aliphatic rings. The van der Waals surface area contributed by atoms with Crippen molar-refractivity contribution in [3.05, 3.63) is 56.6 Å². The highest BCUT2D eigenvalue weighted by atomic mass is 32.1. The number of aromatic nitrogens is 3. The summed E-state index contributed by atoms with van der Waals surface area (Å²) in [4.78, 5) is 19.2. The van der Waals surface area contributed by atoms with E-state index in [4.69, 9.17) is 17.0 Å². The van der Waals surface area contributed by atoms with Crippen LogP contribution in [0.15, 0.2) is 35.1 Å². The fraction of sp³-hybridized carbons (Fsp3) is 0.278. The average molecular weight is 377 g/mol. The number of methoxy groups -OCH3 is 1. The summed E-state index contributed by atoms with van der Waals surface area (Å²) < 4.78 is 34.0. The number of aryl methyl sites for hydroxylation is 1. The summed E-state index contributed by atoms with van der Waals surface area (Å²) >= 11 is 5.19. The van der Waals surface area contributed by atoms with Gasteiger partial charge in [0.1, 0.15) is 5.65 Å². The molecule has 2 heterocycles. The number of halogens is 2. The van der Waals surface area contributed by atoms with E-state index in [1.807, 2.05) is 19.1 Å². The van der Waals surface area contributed by atoms with Crippen molar-refractivity contribution < 1.29 is 13.5 Å². The molecule has 3 aromatic rings. The molecule has 136 valence electrons. The van der Waals surface area contributed by atoms with E-state index >= 15 is 0 Å². The molecular weight excluding hydrogens is 360 g/mol. The van der Waals surface area contributed by atoms with E-state index in [9.17, 15) is 13.6 Å². The van der Waals surface area contributed by atoms with Crippen LogP contribution in [0.4, 0.5) is 8.78 Å². The number of pyridine rings is 1. The zero-order valence-corrected chi connectivity index (χ0v) is 15.1. The molecule has 26 heavy (non-hydrogen) atoms. The first-order valence-electron chi connectivity index (χ1n) is 7.94. The van der Waals surface area contributed by atoms with E-state index in [1.54, 1.807) is 12.1 Å². The number of fused-ring (bicyclic) bond motifs is 1. The van der Waals surface area contributed by atoms with E-state index in [-0.39, 0.29) is 27.9 Å². The van der Waals surface area contributed by atoms with Gasteiger partial charge in [0.05, 0.1) is 24.2 Å². The lowest BCUT2D eigenvalue weighted by molar-refractivity contribution is 0.153. The van der Waals surface area contributed by atoms with Gasteiger partial charge in [-0.05, 0) is 25.2 Å². The van der Waals surface area contributed by atoms with Crippen molar-refractivity contribution in [1.29, 1.82) is 0 Å². The van der Waals surface area contributed by atoms with Crippen molar-refractivity contribution in [2.45, 2.75) is 19.9 Å². The number of hydrogen-bond donors (Lipinski definition) is 1. The summed E-state index contributed by atoms with van der Waals surface area (Å²) in [6.45, 7) is 2.52. The maximum atomic E-state index is 13.7. The molecule has 0 spiro atoms. The van der Waals surface area contributed by atoms with Crippen LogP contribution in [0.1, 0.15) is 17.6 Å². The average Bonchev–Trinajstić information content (AvgIpc) is 2.61. The summed E-state index contributed by atoms with van der Waals surface area (Å²) in [5.41, 5.74) is 1.18. The summed E-state index contributed by atoms with van der Waals surface area (Å²) in [7, 11) is 1.52. The second kappa shape index (κ2) is 7.43. The predicted octanol–water partition coefficient (Wildman–Crippen LogP) is 4.01. The molecule has 2 aromatic heterocycles. The normalized spacial score (nSPS) is 11.4. The highest BCUT2D eigenvalue weighted by Crippen LogP contribution is 2.29. The molecule has 3 rings (SSSR count). The molecule has 8 heteroatoms. The van der Waals surface area contributed by atoms with Crippen LogP contribution in [-0.2, 0) is 11.3 Å². The molecular formula is C18H17F2N3O2S. The molecule has 0 saturated carbocycles. The third-order valence-electron chi connectivity index (χ3n) is 4.08. The molecule has 0 radical (unpaired) electrons. The highest BCUT2D eigenvalue weighted by molar-refractivity contribution is 7.71. The number of aromatic amines is 1. The lowest BCUT2D eigenvalue weighted by atomic mass is 10.1. The summed E-state index contributed by atoms with van der Waals surface area (Å²) in [6.07, 6.45) is -2.82. The van der Waals surface area contributed by atoms with Crippen molar-refractivity contribution in [2.24, 2.45) is 0 Å². The zero-order chi connectivity index (χ0) is 18.8. The van der Waals surface area contributed by atoms with Gasteiger partial charge in [-0.3, -0.25) is 9.78 Å². The number of H-pyrrole nitrogens is 1. The first-order valence-corrected chi connectivity index (χ1v) is 8.35. The fourth-order valence-electron chi connectivity index (χ4n) is 2.74. The Hall–Kier alpha value is -2.45. The van der Waals surface area contributed by atoms with Crippen LogP contribution < -0.4 is 5.56 Å². The van der Waals surface area contributed by atoms with E-state index in [0.29, 0.717) is 17.9 Å². The quantitative estimate of drug-likeness (QED) is 0.683. The van der Waals surface area contributed by atoms with Gasteiger partial charge in [-0.1, -0.05) is 29.8 Å². The first kappa shape index (κ1) is 18.3. The Labute approximate surface area is 153 Å². The van der Waals surface area contributed by atoms with Gasteiger partial charge in [0.15, 0.2) is 4.77 Å². The number of benzene rings is 1. The van der Waals surface area contributed by atoms with Crippen LogP contribution in [-0.4, -0.2) is 28.3 Å². The smallest absolute Gasteiger partial charge is 0.264 e. The van der Waals surface area contributed by atoms with E-state index in [1.165, 1.54) is 17.7 Å². The maximum Gasteiger partial charge on any atom is 0.264 e. The molecule has 0 aliphatic heterocycles. The second-order valence-electron chi connectivity index (χ2n) is 5.87. The van der Waals surface area contributed by atoms with Gasteiger partial charge in [-0.25, -0.2) is 13.8 Å². The van der Waals surface area contributed by atoms with Crippen LogP contribution in [0.25, 0.3) is 22.3 Å². The minimum absolute atomic E-state index is 0.119. The van der Waals surface area contributed by atoms with Crippen LogP contribution >= 0.6 is 12.2 Å². The first-order chi connectivity index (χ1) is 12.4. The van der Waals surface area contributed by atoms with Crippen LogP contribution in [0.5, 0.6) is 0 Å². The van der Waals surface area contributed by atoms with Gasteiger partial charge in [0.2, 0.25) is 0 Å². The van der Waals surface area contributed by atoms with Crippen molar-refractivity contribution in [3.8, 4) is 11.3 Å². The molecule has 1 N–H and O–H groups in total. The van der Waals surface area contributed by atoms with Crippen LogP contribution in [0, 0.1) is 11.7 Å². The van der Waals surface area contributed by atoms with Gasteiger partial charge in [-0.2, -0.15) is 0 Å². The number of nitrogens with one attached hydrogen (secondary N) is 1. The number of ether oxygens (including phenoxy) is 1. The molecule has 0 unspecified atom stereocenters. The topological polar surface area (TPSA) is 59.9 Å². The molecule has 0 aliphatic carbocycles. The van der Waals surface area contributed by atoms with Gasteiger partial charge < -0.3 is 9.30 Å². The maximum absolute atomic E-state index is 13.7. The second-order valence-corrected chi connectivity index (χ2v) is 6.25. The minimum Gasteiger partial charge on any atom is -0.383 e. The Bertz CT molecular complexity index is 1060. The fourth-order valence-corrected chi connectivity index (χ4v) is 3.01. The molecule has 0 saturated heterocycles. The Balaban J connectivity index is 2.37. The monoisotopic (exact) mass is 377 g/mol. The number of rotatable bonds is 5. The summed E-state index contributed by atoms with van der Waals surface area (Å²) in [5, 5.41) is -0.152. The molecule has 0 amide bonds. The number of alkyl halides is 2. The standard InChI is InChI=1S/C18H17F2N3O2S/c1-10-3-5-11(6-4-10)13-9-12(15(19)20)14-16(21-13)23(7-8-25-2)18(26)22-17(14)24/h3-6,9,15H,7-8H2,1-2H3,(H,22,24,26). The Morgan fingerprint density at radius 3 is 2.62 bits per heavy atom. The SMILES string of the molecule is COCCn1c(=S)[nH]c(=O)c2c(C(F)F)cc(-c3ccc(C)cc3)nc21. The van der Waals surface area contributed by atoms with Gasteiger partial charge in [-0.15, -0.1) is 0 Å². The van der Waals surface area contributed by atoms with Gasteiger partial charge in [0, 0.05) is 18.2 Å². The largest absolute Gasteiger partial charge is 0.383 e. The summed E-state index contributed by atoms with van der Waals surface area (Å²) in [5.74, 6) is 0. The lowest BCUT2D eigenvalue weighted by Crippen LogP contribution is -2.19. The third-order valence-corrected chi connectivity index (χ3v) is 4.40. The van der Waals surface area contributed by atoms with Crippen molar-refractivity contribution in [1.82, 2.24) is 14.5 Å². The van der Waals surface area contributed by atoms with Crippen LogP contribution in [0.3, 0.4) is 0 Å². The molecule has 0 atom stereocenters. The molecule has 0 bridgehead atoms. The van der Waals surface area contributed by atoms with E-state index in [0.717, 1.165) is 5.56 Å². The Kier molecular flexibility index (Phi) is 5.24. The number of nitrogens with zero attached hydrogens (tertiary/aromatic N) is 2. The van der Waals surface area contributed by atoms with Gasteiger partial charge in [0.25, 0.3) is 12.0 Å². The van der Waals surface area contributed by atoms with Crippen molar-refractivity contribution in [3.63, 3.8) is 0 Å². The predicted molar refractivity (Wildman–Crippen MR) is 98.2 cm³/mol. The molecule has 1 aromatic carbocycles. The van der Waals surface area contributed by atoms with Crippen molar-refractivity contribution >= 4 is 23.3 Å². The van der Waals surface area contributed by atoms with Crippen molar-refractivity contribution in [2.75, 3.05) is 13.7 Å². The number of hydrogen-bond acceptors (Lipinski definition) is 4. The summed E-state index contributed by atoms with van der Waals surface area (Å²) in [6, 6.07) is 8.62.